The molecule has 0 spiro atoms. The maximum absolute atomic E-state index is 9.56. The zero-order valence-corrected chi connectivity index (χ0v) is 16.6. The normalized spacial score (nSPS) is 25.9. The highest BCUT2D eigenvalue weighted by atomic mass is 16.3. The summed E-state index contributed by atoms with van der Waals surface area (Å²) >= 11 is 0. The molecule has 4 nitrogen and oxygen atoms in total. The van der Waals surface area contributed by atoms with Crippen LogP contribution in [0.25, 0.3) is 0 Å². The zero-order valence-electron chi connectivity index (χ0n) is 16.6. The Bertz CT molecular complexity index is 338. The lowest BCUT2D eigenvalue weighted by Gasteiger charge is -2.48. The molecule has 4 heteroatoms. The molecule has 0 bridgehead atoms. The second kappa shape index (κ2) is 10.1. The highest BCUT2D eigenvalue weighted by Crippen LogP contribution is 2.25. The van der Waals surface area contributed by atoms with Crippen LogP contribution in [-0.2, 0) is 0 Å². The summed E-state index contributed by atoms with van der Waals surface area (Å²) in [6.07, 6.45) is 6.10. The van der Waals surface area contributed by atoms with Crippen LogP contribution >= 0.6 is 0 Å². The maximum Gasteiger partial charge on any atom is 0.0446 e. The fraction of sp³-hybridized carbons (Fsp3) is 1.00. The van der Waals surface area contributed by atoms with Gasteiger partial charge in [0.1, 0.15) is 0 Å². The summed E-state index contributed by atoms with van der Waals surface area (Å²) in [5.74, 6) is 0.834. The molecule has 2 fully saturated rings. The van der Waals surface area contributed by atoms with Gasteiger partial charge in [-0.05, 0) is 52.1 Å². The number of rotatable bonds is 8. The van der Waals surface area contributed by atoms with Gasteiger partial charge in [-0.3, -0.25) is 4.90 Å². The van der Waals surface area contributed by atoms with Gasteiger partial charge in [0, 0.05) is 50.9 Å². The zero-order chi connectivity index (χ0) is 17.5. The summed E-state index contributed by atoms with van der Waals surface area (Å²) < 4.78 is 0. The Labute approximate surface area is 150 Å². The second-order valence-electron chi connectivity index (χ2n) is 8.21. The molecule has 2 heterocycles. The van der Waals surface area contributed by atoms with Gasteiger partial charge in [-0.2, -0.15) is 0 Å². The van der Waals surface area contributed by atoms with Gasteiger partial charge >= 0.3 is 0 Å². The predicted molar refractivity (Wildman–Crippen MR) is 102 cm³/mol. The highest BCUT2D eigenvalue weighted by molar-refractivity contribution is 4.90. The molecule has 0 aromatic rings. The van der Waals surface area contributed by atoms with E-state index in [1.807, 2.05) is 0 Å². The van der Waals surface area contributed by atoms with E-state index in [9.17, 15) is 5.11 Å². The molecular formula is C20H41N3O. The Morgan fingerprint density at radius 2 is 1.67 bits per heavy atom. The first-order valence-electron chi connectivity index (χ1n) is 10.4. The van der Waals surface area contributed by atoms with Crippen molar-refractivity contribution in [1.82, 2.24) is 14.7 Å². The minimum atomic E-state index is 0.324. The van der Waals surface area contributed by atoms with Crippen LogP contribution in [0.4, 0.5) is 0 Å². The van der Waals surface area contributed by atoms with Crippen LogP contribution in [0.5, 0.6) is 0 Å². The van der Waals surface area contributed by atoms with E-state index < -0.39 is 0 Å². The molecule has 2 aliphatic rings. The number of aliphatic hydroxyl groups excluding tert-OH is 1. The van der Waals surface area contributed by atoms with Crippen molar-refractivity contribution in [2.24, 2.45) is 5.92 Å². The topological polar surface area (TPSA) is 30.0 Å². The number of piperazine rings is 1. The molecule has 2 saturated heterocycles. The third-order valence-corrected chi connectivity index (χ3v) is 6.44. The molecule has 0 amide bonds. The largest absolute Gasteiger partial charge is 0.396 e. The Kier molecular flexibility index (Phi) is 8.48. The first kappa shape index (κ1) is 20.2. The Balaban J connectivity index is 1.89. The molecule has 142 valence electrons. The van der Waals surface area contributed by atoms with E-state index in [0.717, 1.165) is 24.9 Å². The molecule has 1 N–H and O–H groups in total. The van der Waals surface area contributed by atoms with Crippen LogP contribution in [-0.4, -0.2) is 83.8 Å². The van der Waals surface area contributed by atoms with Crippen molar-refractivity contribution in [3.05, 3.63) is 0 Å². The Hall–Kier alpha value is -0.160. The SMILES string of the molecule is CCC(CC)CN1CCN(C2CCN(C(C)C)CC2)C(CCO)C1. The number of piperidine rings is 1. The van der Waals surface area contributed by atoms with E-state index in [-0.39, 0.29) is 0 Å². The molecule has 0 aliphatic carbocycles. The highest BCUT2D eigenvalue weighted by Gasteiger charge is 2.34. The Morgan fingerprint density at radius 1 is 1.00 bits per heavy atom. The van der Waals surface area contributed by atoms with Crippen LogP contribution in [0, 0.1) is 5.92 Å². The molecule has 0 aromatic carbocycles. The van der Waals surface area contributed by atoms with Crippen molar-refractivity contribution >= 4 is 0 Å². The molecule has 24 heavy (non-hydrogen) atoms. The Morgan fingerprint density at radius 3 is 2.21 bits per heavy atom. The lowest BCUT2D eigenvalue weighted by atomic mass is 9.96. The van der Waals surface area contributed by atoms with Crippen LogP contribution in [0.1, 0.15) is 59.8 Å². The lowest BCUT2D eigenvalue weighted by molar-refractivity contribution is -0.00205. The summed E-state index contributed by atoms with van der Waals surface area (Å²) in [5.41, 5.74) is 0. The molecule has 0 aromatic heterocycles. The molecular weight excluding hydrogens is 298 g/mol. The quantitative estimate of drug-likeness (QED) is 0.736. The van der Waals surface area contributed by atoms with Crippen LogP contribution in [0.15, 0.2) is 0 Å². The fourth-order valence-electron chi connectivity index (χ4n) is 4.63. The molecule has 0 saturated carbocycles. The van der Waals surface area contributed by atoms with Gasteiger partial charge in [0.25, 0.3) is 0 Å². The minimum Gasteiger partial charge on any atom is -0.396 e. The van der Waals surface area contributed by atoms with Crippen molar-refractivity contribution in [2.45, 2.75) is 77.9 Å². The van der Waals surface area contributed by atoms with E-state index in [1.165, 1.54) is 58.4 Å². The maximum atomic E-state index is 9.56. The summed E-state index contributed by atoms with van der Waals surface area (Å²) in [7, 11) is 0. The number of aliphatic hydroxyl groups is 1. The van der Waals surface area contributed by atoms with E-state index >= 15 is 0 Å². The predicted octanol–water partition coefficient (Wildman–Crippen LogP) is 2.66. The molecule has 1 atom stereocenters. The van der Waals surface area contributed by atoms with Crippen molar-refractivity contribution in [2.75, 3.05) is 45.9 Å². The number of likely N-dealkylation sites (tertiary alicyclic amines) is 1. The number of nitrogens with zero attached hydrogens (tertiary/aromatic N) is 3. The van der Waals surface area contributed by atoms with Crippen molar-refractivity contribution in [3.63, 3.8) is 0 Å². The molecule has 0 radical (unpaired) electrons. The third kappa shape index (κ3) is 5.42. The van der Waals surface area contributed by atoms with E-state index in [2.05, 4.69) is 42.4 Å². The number of hydrogen-bond donors (Lipinski definition) is 1. The first-order chi connectivity index (χ1) is 11.6. The smallest absolute Gasteiger partial charge is 0.0446 e. The van der Waals surface area contributed by atoms with E-state index in [1.54, 1.807) is 0 Å². The summed E-state index contributed by atoms with van der Waals surface area (Å²) in [4.78, 5) is 8.02. The number of hydrogen-bond acceptors (Lipinski definition) is 4. The first-order valence-corrected chi connectivity index (χ1v) is 10.4. The monoisotopic (exact) mass is 339 g/mol. The van der Waals surface area contributed by atoms with Gasteiger partial charge in [-0.1, -0.05) is 26.7 Å². The summed E-state index contributed by atoms with van der Waals surface area (Å²) in [6.45, 7) is 16.9. The average Bonchev–Trinajstić information content (AvgIpc) is 2.60. The summed E-state index contributed by atoms with van der Waals surface area (Å²) in [5, 5.41) is 9.56. The van der Waals surface area contributed by atoms with Gasteiger partial charge in [0.05, 0.1) is 0 Å². The van der Waals surface area contributed by atoms with Gasteiger partial charge in [-0.15, -0.1) is 0 Å². The van der Waals surface area contributed by atoms with Crippen LogP contribution in [0.3, 0.4) is 0 Å². The van der Waals surface area contributed by atoms with Crippen molar-refractivity contribution in [1.29, 1.82) is 0 Å². The van der Waals surface area contributed by atoms with E-state index in [0.29, 0.717) is 18.7 Å². The second-order valence-corrected chi connectivity index (χ2v) is 8.21. The average molecular weight is 340 g/mol. The van der Waals surface area contributed by atoms with Crippen LogP contribution < -0.4 is 0 Å². The van der Waals surface area contributed by atoms with Gasteiger partial charge < -0.3 is 14.9 Å². The minimum absolute atomic E-state index is 0.324. The van der Waals surface area contributed by atoms with Gasteiger partial charge in [-0.25, -0.2) is 0 Å². The third-order valence-electron chi connectivity index (χ3n) is 6.44. The molecule has 2 rings (SSSR count). The molecule has 2 aliphatic heterocycles. The van der Waals surface area contributed by atoms with Crippen molar-refractivity contribution < 1.29 is 5.11 Å². The summed E-state index contributed by atoms with van der Waals surface area (Å²) in [6, 6.07) is 1.96. The standard InChI is InChI=1S/C20H41N3O/c1-5-18(6-2)15-21-12-13-23(20(16-21)9-14-24)19-7-10-22(11-8-19)17(3)4/h17-20,24H,5-16H2,1-4H3. The lowest BCUT2D eigenvalue weighted by Crippen LogP contribution is -2.59. The van der Waals surface area contributed by atoms with Crippen molar-refractivity contribution in [3.8, 4) is 0 Å². The van der Waals surface area contributed by atoms with Gasteiger partial charge in [0.2, 0.25) is 0 Å². The molecule has 1 unspecified atom stereocenters. The van der Waals surface area contributed by atoms with Gasteiger partial charge in [0.15, 0.2) is 0 Å². The van der Waals surface area contributed by atoms with E-state index in [4.69, 9.17) is 0 Å². The fourth-order valence-corrected chi connectivity index (χ4v) is 4.63. The van der Waals surface area contributed by atoms with Crippen LogP contribution in [0.2, 0.25) is 0 Å².